The summed E-state index contributed by atoms with van der Waals surface area (Å²) < 4.78 is 0. The van der Waals surface area contributed by atoms with E-state index in [1.807, 2.05) is 0 Å². The van der Waals surface area contributed by atoms with Crippen molar-refractivity contribution in [2.24, 2.45) is 0 Å². The Hall–Kier alpha value is -9.90. The van der Waals surface area contributed by atoms with Crippen molar-refractivity contribution in [1.82, 2.24) is 0 Å². The highest BCUT2D eigenvalue weighted by Gasteiger charge is 2.47. The van der Waals surface area contributed by atoms with Gasteiger partial charge in [0.2, 0.25) is 0 Å². The summed E-state index contributed by atoms with van der Waals surface area (Å²) in [5.74, 6) is 0. The molecule has 4 heteroatoms. The first-order valence-electron chi connectivity index (χ1n) is 35.2. The predicted octanol–water partition coefficient (Wildman–Crippen LogP) is 23.4. The maximum absolute atomic E-state index is 2.67. The summed E-state index contributed by atoms with van der Waals surface area (Å²) in [5.41, 5.74) is 38.7. The minimum absolute atomic E-state index is 0.00183. The summed E-state index contributed by atoms with van der Waals surface area (Å²) in [5, 5.41) is 0. The molecule has 12 aromatic rings. The molecule has 12 aromatic carbocycles. The summed E-state index contributed by atoms with van der Waals surface area (Å²) in [6, 6.07) is 96.8. The van der Waals surface area contributed by atoms with Crippen molar-refractivity contribution in [3.63, 3.8) is 0 Å². The Balaban J connectivity index is 0.936. The maximum Gasteiger partial charge on any atom is 0.252 e. The van der Waals surface area contributed by atoms with Crippen LogP contribution in [0.1, 0.15) is 154 Å². The van der Waals surface area contributed by atoms with Gasteiger partial charge in [-0.1, -0.05) is 274 Å². The second-order valence-electron chi connectivity index (χ2n) is 33.0. The zero-order valence-corrected chi connectivity index (χ0v) is 59.1. The molecule has 2 heterocycles. The van der Waals surface area contributed by atoms with Gasteiger partial charge in [-0.3, -0.25) is 0 Å². The molecule has 0 atom stereocenters. The van der Waals surface area contributed by atoms with Crippen LogP contribution in [0, 0.1) is 0 Å². The number of fused-ring (bicyclic) bond motifs is 13. The number of anilines is 9. The molecule has 0 spiro atoms. The number of nitrogens with zero attached hydrogens (tertiary/aromatic N) is 3. The van der Waals surface area contributed by atoms with Crippen LogP contribution in [0.2, 0.25) is 0 Å². The lowest BCUT2D eigenvalue weighted by Crippen LogP contribution is -2.61. The highest BCUT2D eigenvalue weighted by Crippen LogP contribution is 2.57. The number of hydrogen-bond acceptors (Lipinski definition) is 3. The van der Waals surface area contributed by atoms with Gasteiger partial charge in [-0.05, 0) is 217 Å². The molecule has 0 fully saturated rings. The van der Waals surface area contributed by atoms with Crippen molar-refractivity contribution in [3.8, 4) is 55.6 Å². The third-order valence-electron chi connectivity index (χ3n) is 22.9. The van der Waals surface area contributed by atoms with Crippen molar-refractivity contribution >= 4 is 74.3 Å². The second-order valence-corrected chi connectivity index (χ2v) is 33.0. The lowest BCUT2D eigenvalue weighted by molar-refractivity contribution is 0.590. The molecule has 476 valence electrons. The van der Waals surface area contributed by atoms with Gasteiger partial charge in [-0.2, -0.15) is 0 Å². The van der Waals surface area contributed by atoms with Crippen LogP contribution >= 0.6 is 0 Å². The van der Waals surface area contributed by atoms with Crippen molar-refractivity contribution in [1.29, 1.82) is 0 Å². The third kappa shape index (κ3) is 9.14. The van der Waals surface area contributed by atoms with E-state index in [2.05, 4.69) is 367 Å². The Kier molecular flexibility index (Phi) is 13.2. The molecule has 0 unspecified atom stereocenters. The lowest BCUT2D eigenvalue weighted by Gasteiger charge is -2.45. The smallest absolute Gasteiger partial charge is 0.252 e. The molecule has 0 saturated carbocycles. The highest BCUT2D eigenvalue weighted by atomic mass is 15.2. The van der Waals surface area contributed by atoms with Crippen LogP contribution in [0.4, 0.5) is 51.2 Å². The van der Waals surface area contributed by atoms with Crippen molar-refractivity contribution < 1.29 is 0 Å². The Morgan fingerprint density at radius 2 is 0.711 bits per heavy atom. The predicted molar refractivity (Wildman–Crippen MR) is 415 cm³/mol. The van der Waals surface area contributed by atoms with Crippen LogP contribution in [0.3, 0.4) is 0 Å². The monoisotopic (exact) mass is 1260 g/mol. The van der Waals surface area contributed by atoms with Crippen molar-refractivity contribution in [2.45, 2.75) is 136 Å². The largest absolute Gasteiger partial charge is 0.311 e. The summed E-state index contributed by atoms with van der Waals surface area (Å²) in [6.07, 6.45) is 0. The average Bonchev–Trinajstić information content (AvgIpc) is 1.44. The Morgan fingerprint density at radius 1 is 0.289 bits per heavy atom. The first kappa shape index (κ1) is 60.7. The molecule has 2 aliphatic heterocycles. The van der Waals surface area contributed by atoms with E-state index < -0.39 is 0 Å². The van der Waals surface area contributed by atoms with Crippen LogP contribution in [-0.2, 0) is 32.5 Å². The number of benzene rings is 12. The van der Waals surface area contributed by atoms with E-state index in [0.717, 1.165) is 28.4 Å². The summed E-state index contributed by atoms with van der Waals surface area (Å²) in [7, 11) is 0. The van der Waals surface area contributed by atoms with E-state index in [1.165, 1.54) is 145 Å². The van der Waals surface area contributed by atoms with Crippen LogP contribution in [0.25, 0.3) is 55.6 Å². The SMILES string of the molecule is CC(C)(C)c1ccc(N(c2ccc(C(C)(C)C)cc2)c2ccc3c(c2)N(c2ccc4c(c2)C(C)(C)c2ccccc2-4)c2cc(C(C)(C)C)cc4c2B3c2cc(-c3cccc5c3-c3ccccc3C5(C)C)ccc2N4c2ccc(-c3cccc4c3-c3ccccc3C4(C)C)cc2)cc1. The molecule has 3 nitrogen and oxygen atoms in total. The fraction of sp³-hybridized carbons (Fsp3) is 0.226. The molecule has 97 heavy (non-hydrogen) atoms. The van der Waals surface area contributed by atoms with E-state index in [-0.39, 0.29) is 39.2 Å². The van der Waals surface area contributed by atoms with Crippen molar-refractivity contribution in [2.75, 3.05) is 14.7 Å². The fourth-order valence-electron chi connectivity index (χ4n) is 17.6. The molecular formula is C93H86BN3. The average molecular weight is 1260 g/mol. The van der Waals surface area contributed by atoms with E-state index in [4.69, 9.17) is 0 Å². The molecule has 3 aliphatic carbocycles. The maximum atomic E-state index is 2.67. The van der Waals surface area contributed by atoms with Gasteiger partial charge < -0.3 is 14.7 Å². The first-order valence-corrected chi connectivity index (χ1v) is 35.2. The van der Waals surface area contributed by atoms with E-state index >= 15 is 0 Å². The summed E-state index contributed by atoms with van der Waals surface area (Å²) in [6.45, 7) is 35.2. The van der Waals surface area contributed by atoms with E-state index in [1.54, 1.807) is 0 Å². The summed E-state index contributed by atoms with van der Waals surface area (Å²) >= 11 is 0. The zero-order chi connectivity index (χ0) is 67.2. The van der Waals surface area contributed by atoms with Gasteiger partial charge in [-0.25, -0.2) is 0 Å². The second kappa shape index (κ2) is 21.1. The molecule has 0 saturated heterocycles. The standard InChI is InChI=1S/C93H86BN3/c1-88(2,3)59-37-43-62(44-38-59)95(63-45-39-60(40-46-63)89(4,5)6)66-48-50-79-82(56-66)97(65-47-49-70-69-24-16-19-29-73(69)93(14,15)78(70)55-65)84-54-61(90(7,8)9)53-83-87(84)94(79)80-52-58(68-28-23-33-77-86(68)72-26-18-21-31-75(72)92(77,12)13)36-51-81(80)96(83)64-41-34-57(35-42-64)67-27-22-32-76-85(67)71-25-17-20-30-74(71)91(76,10)11/h16-56H,1-15H3. The van der Waals surface area contributed by atoms with Crippen LogP contribution < -0.4 is 31.1 Å². The molecule has 0 aromatic heterocycles. The molecular weight excluding hydrogens is 1170 g/mol. The van der Waals surface area contributed by atoms with Gasteiger partial charge in [0.1, 0.15) is 0 Å². The fourth-order valence-corrected chi connectivity index (χ4v) is 17.6. The van der Waals surface area contributed by atoms with Crippen LogP contribution in [0.5, 0.6) is 0 Å². The molecule has 0 bridgehead atoms. The normalized spacial score (nSPS) is 15.4. The molecule has 0 radical (unpaired) electrons. The number of hydrogen-bond donors (Lipinski definition) is 0. The third-order valence-corrected chi connectivity index (χ3v) is 22.9. The van der Waals surface area contributed by atoms with Crippen LogP contribution in [0.15, 0.2) is 249 Å². The van der Waals surface area contributed by atoms with E-state index in [9.17, 15) is 0 Å². The van der Waals surface area contributed by atoms with Gasteiger partial charge in [0.25, 0.3) is 6.71 Å². The van der Waals surface area contributed by atoms with Crippen LogP contribution in [-0.4, -0.2) is 6.71 Å². The summed E-state index contributed by atoms with van der Waals surface area (Å²) in [4.78, 5) is 7.78. The topological polar surface area (TPSA) is 9.72 Å². The highest BCUT2D eigenvalue weighted by molar-refractivity contribution is 7.00. The van der Waals surface area contributed by atoms with E-state index in [0.29, 0.717) is 0 Å². The molecule has 5 aliphatic rings. The minimum atomic E-state index is -0.224. The molecule has 0 amide bonds. The van der Waals surface area contributed by atoms with Gasteiger partial charge >= 0.3 is 0 Å². The molecule has 0 N–H and O–H groups in total. The quantitative estimate of drug-likeness (QED) is 0.147. The zero-order valence-electron chi connectivity index (χ0n) is 59.1. The van der Waals surface area contributed by atoms with Gasteiger partial charge in [0.15, 0.2) is 0 Å². The molecule has 17 rings (SSSR count). The number of rotatable bonds is 7. The van der Waals surface area contributed by atoms with Gasteiger partial charge in [0.05, 0.1) is 0 Å². The minimum Gasteiger partial charge on any atom is -0.311 e. The lowest BCUT2D eigenvalue weighted by atomic mass is 9.33. The van der Waals surface area contributed by atoms with Crippen molar-refractivity contribution in [3.05, 3.63) is 299 Å². The Labute approximate surface area is 576 Å². The van der Waals surface area contributed by atoms with Gasteiger partial charge in [0, 0.05) is 67.4 Å². The Morgan fingerprint density at radius 3 is 1.25 bits per heavy atom. The first-order chi connectivity index (χ1) is 46.3. The van der Waals surface area contributed by atoms with Gasteiger partial charge in [-0.15, -0.1) is 0 Å². The Bertz CT molecular complexity index is 5190.